The molecule has 25 heavy (non-hydrogen) atoms. The smallest absolute Gasteiger partial charge is 0.389 e. The number of alkyl halides is 3. The lowest BCUT2D eigenvalue weighted by atomic mass is 10.00. The number of hydrogen-bond donors (Lipinski definition) is 3. The Bertz CT molecular complexity index is 587. The third-order valence-electron chi connectivity index (χ3n) is 5.03. The Hall–Kier alpha value is -1.35. The summed E-state index contributed by atoms with van der Waals surface area (Å²) in [6.07, 6.45) is -6.79. The number of anilines is 1. The summed E-state index contributed by atoms with van der Waals surface area (Å²) in [5.41, 5.74) is -0.422. The summed E-state index contributed by atoms with van der Waals surface area (Å²) in [6.45, 7) is 2.13. The van der Waals surface area contributed by atoms with Crippen LogP contribution in [0.1, 0.15) is 12.0 Å². The van der Waals surface area contributed by atoms with E-state index in [1.165, 1.54) is 12.1 Å². The molecule has 0 unspecified atom stereocenters. The van der Waals surface area contributed by atoms with Gasteiger partial charge in [-0.2, -0.15) is 13.2 Å². The first-order valence-corrected chi connectivity index (χ1v) is 8.43. The fourth-order valence-corrected chi connectivity index (χ4v) is 3.78. The first-order valence-electron chi connectivity index (χ1n) is 8.43. The molecule has 3 N–H and O–H groups in total. The van der Waals surface area contributed by atoms with Gasteiger partial charge in [-0.05, 0) is 24.5 Å². The van der Waals surface area contributed by atoms with Crippen molar-refractivity contribution in [3.63, 3.8) is 0 Å². The number of rotatable bonds is 3. The van der Waals surface area contributed by atoms with Gasteiger partial charge >= 0.3 is 6.18 Å². The van der Waals surface area contributed by atoms with Gasteiger partial charge in [0.15, 0.2) is 0 Å². The standard InChI is InChI=1S/C17H23F3N2O3/c18-17(19,20)12-3-1-2-4-13(12)22-6-5-11(8-22)7-21-9-14(23)16(25)15(24)10-21/h1-4,11,14-16,23-25H,5-10H2/t11-,14-,15+,16+/m0/s1. The van der Waals surface area contributed by atoms with E-state index in [0.29, 0.717) is 19.6 Å². The minimum Gasteiger partial charge on any atom is -0.389 e. The van der Waals surface area contributed by atoms with Gasteiger partial charge in [-0.1, -0.05) is 12.1 Å². The van der Waals surface area contributed by atoms with Gasteiger partial charge in [0, 0.05) is 38.4 Å². The molecule has 0 spiro atoms. The van der Waals surface area contributed by atoms with Crippen molar-refractivity contribution in [3.8, 4) is 0 Å². The van der Waals surface area contributed by atoms with Gasteiger partial charge in [0.1, 0.15) is 6.10 Å². The monoisotopic (exact) mass is 360 g/mol. The SMILES string of the molecule is O[C@H]1[C@H](O)CN(C[C@@H]2CCN(c3ccccc3C(F)(F)F)C2)C[C@@H]1O. The second kappa shape index (κ2) is 7.11. The van der Waals surface area contributed by atoms with Crippen molar-refractivity contribution < 1.29 is 28.5 Å². The van der Waals surface area contributed by atoms with Gasteiger partial charge in [-0.3, -0.25) is 4.90 Å². The van der Waals surface area contributed by atoms with Crippen molar-refractivity contribution in [2.75, 3.05) is 37.6 Å². The summed E-state index contributed by atoms with van der Waals surface area (Å²) in [5.74, 6) is 0.149. The van der Waals surface area contributed by atoms with E-state index < -0.39 is 30.1 Å². The lowest BCUT2D eigenvalue weighted by molar-refractivity contribution is -0.137. The van der Waals surface area contributed by atoms with Gasteiger partial charge < -0.3 is 20.2 Å². The maximum Gasteiger partial charge on any atom is 0.418 e. The predicted molar refractivity (Wildman–Crippen MR) is 86.2 cm³/mol. The van der Waals surface area contributed by atoms with Crippen molar-refractivity contribution in [2.45, 2.75) is 30.9 Å². The third-order valence-corrected chi connectivity index (χ3v) is 5.03. The van der Waals surface area contributed by atoms with Gasteiger partial charge in [0.25, 0.3) is 0 Å². The lowest BCUT2D eigenvalue weighted by Gasteiger charge is -2.38. The van der Waals surface area contributed by atoms with Crippen LogP contribution in [0.4, 0.5) is 18.9 Å². The molecule has 2 aliphatic rings. The molecular weight excluding hydrogens is 337 g/mol. The van der Waals surface area contributed by atoms with E-state index in [4.69, 9.17) is 0 Å². The van der Waals surface area contributed by atoms with Gasteiger partial charge in [0.05, 0.1) is 17.8 Å². The van der Waals surface area contributed by atoms with Crippen molar-refractivity contribution >= 4 is 5.69 Å². The molecule has 140 valence electrons. The molecule has 2 heterocycles. The summed E-state index contributed by atoms with van der Waals surface area (Å²) in [6, 6.07) is 5.59. The first-order chi connectivity index (χ1) is 11.8. The highest BCUT2D eigenvalue weighted by atomic mass is 19.4. The number of aliphatic hydroxyl groups is 3. The molecule has 4 atom stereocenters. The van der Waals surface area contributed by atoms with Crippen molar-refractivity contribution in [2.24, 2.45) is 5.92 Å². The van der Waals surface area contributed by atoms with Crippen LogP contribution in [0, 0.1) is 5.92 Å². The van der Waals surface area contributed by atoms with E-state index in [9.17, 15) is 28.5 Å². The number of para-hydroxylation sites is 1. The molecule has 5 nitrogen and oxygen atoms in total. The zero-order chi connectivity index (χ0) is 18.2. The Kier molecular flexibility index (Phi) is 5.24. The molecule has 2 fully saturated rings. The van der Waals surface area contributed by atoms with E-state index in [-0.39, 0.29) is 24.7 Å². The largest absolute Gasteiger partial charge is 0.418 e. The number of hydrogen-bond acceptors (Lipinski definition) is 5. The molecule has 0 amide bonds. The van der Waals surface area contributed by atoms with Gasteiger partial charge in [0.2, 0.25) is 0 Å². The topological polar surface area (TPSA) is 67.2 Å². The van der Waals surface area contributed by atoms with Crippen molar-refractivity contribution in [1.29, 1.82) is 0 Å². The van der Waals surface area contributed by atoms with E-state index >= 15 is 0 Å². The molecule has 2 saturated heterocycles. The molecule has 0 saturated carbocycles. The van der Waals surface area contributed by atoms with Crippen molar-refractivity contribution in [1.82, 2.24) is 4.90 Å². The molecule has 1 aromatic carbocycles. The van der Waals surface area contributed by atoms with Crippen LogP contribution in [0.2, 0.25) is 0 Å². The first kappa shape index (κ1) is 18.4. The number of piperidine rings is 1. The molecular formula is C17H23F3N2O3. The number of nitrogens with zero attached hydrogens (tertiary/aromatic N) is 2. The molecule has 0 aromatic heterocycles. The quantitative estimate of drug-likeness (QED) is 0.748. The summed E-state index contributed by atoms with van der Waals surface area (Å²) in [5, 5.41) is 29.1. The third kappa shape index (κ3) is 4.08. The Morgan fingerprint density at radius 3 is 2.28 bits per heavy atom. The summed E-state index contributed by atoms with van der Waals surface area (Å²) >= 11 is 0. The second-order valence-electron chi connectivity index (χ2n) is 6.96. The maximum absolute atomic E-state index is 13.2. The van der Waals surface area contributed by atoms with Gasteiger partial charge in [-0.15, -0.1) is 0 Å². The van der Waals surface area contributed by atoms with Crippen LogP contribution in [-0.2, 0) is 6.18 Å². The Balaban J connectivity index is 1.63. The van der Waals surface area contributed by atoms with Crippen LogP contribution in [0.25, 0.3) is 0 Å². The van der Waals surface area contributed by atoms with E-state index in [1.54, 1.807) is 11.0 Å². The molecule has 0 bridgehead atoms. The second-order valence-corrected chi connectivity index (χ2v) is 6.96. The summed E-state index contributed by atoms with van der Waals surface area (Å²) in [4.78, 5) is 3.62. The number of likely N-dealkylation sites (tertiary alicyclic amines) is 1. The summed E-state index contributed by atoms with van der Waals surface area (Å²) < 4.78 is 39.5. The molecule has 8 heteroatoms. The Morgan fingerprint density at radius 1 is 1.00 bits per heavy atom. The van der Waals surface area contributed by atoms with Crippen LogP contribution >= 0.6 is 0 Å². The molecule has 2 aliphatic heterocycles. The fourth-order valence-electron chi connectivity index (χ4n) is 3.78. The minimum absolute atomic E-state index is 0.149. The molecule has 0 radical (unpaired) electrons. The molecule has 3 rings (SSSR count). The minimum atomic E-state index is -4.38. The highest BCUT2D eigenvalue weighted by Gasteiger charge is 2.38. The normalized spacial score (nSPS) is 31.5. The Morgan fingerprint density at radius 2 is 1.64 bits per heavy atom. The number of aliphatic hydroxyl groups excluding tert-OH is 3. The maximum atomic E-state index is 13.2. The van der Waals surface area contributed by atoms with Crippen LogP contribution in [-0.4, -0.2) is 71.3 Å². The van der Waals surface area contributed by atoms with Gasteiger partial charge in [-0.25, -0.2) is 0 Å². The highest BCUT2D eigenvalue weighted by molar-refractivity contribution is 5.55. The van der Waals surface area contributed by atoms with Crippen LogP contribution in [0.3, 0.4) is 0 Å². The molecule has 1 aromatic rings. The fraction of sp³-hybridized carbons (Fsp3) is 0.647. The average Bonchev–Trinajstić information content (AvgIpc) is 3.00. The van der Waals surface area contributed by atoms with E-state index in [2.05, 4.69) is 0 Å². The number of halogens is 3. The zero-order valence-electron chi connectivity index (χ0n) is 13.7. The Labute approximate surface area is 144 Å². The van der Waals surface area contributed by atoms with Crippen LogP contribution in [0.15, 0.2) is 24.3 Å². The van der Waals surface area contributed by atoms with Crippen molar-refractivity contribution in [3.05, 3.63) is 29.8 Å². The molecule has 0 aliphatic carbocycles. The average molecular weight is 360 g/mol. The number of β-amino-alcohol motifs (C(OH)–C–C–N with tert-alkyl or cyclic N) is 2. The zero-order valence-corrected chi connectivity index (χ0v) is 13.7. The predicted octanol–water partition coefficient (Wildman–Crippen LogP) is 0.930. The summed E-state index contributed by atoms with van der Waals surface area (Å²) in [7, 11) is 0. The van der Waals surface area contributed by atoms with E-state index in [1.807, 2.05) is 4.90 Å². The van der Waals surface area contributed by atoms with E-state index in [0.717, 1.165) is 12.5 Å². The number of benzene rings is 1. The lowest BCUT2D eigenvalue weighted by Crippen LogP contribution is -2.56. The van der Waals surface area contributed by atoms with Crippen LogP contribution in [0.5, 0.6) is 0 Å². The van der Waals surface area contributed by atoms with Crippen LogP contribution < -0.4 is 4.90 Å². The highest BCUT2D eigenvalue weighted by Crippen LogP contribution is 2.38.